The smallest absolute Gasteiger partial charge is 0.262 e. The molecule has 7 nitrogen and oxygen atoms in total. The van der Waals surface area contributed by atoms with Gasteiger partial charge in [-0.15, -0.1) is 0 Å². The maximum atomic E-state index is 12.2. The van der Waals surface area contributed by atoms with E-state index in [-0.39, 0.29) is 19.1 Å². The van der Waals surface area contributed by atoms with Crippen molar-refractivity contribution in [2.75, 3.05) is 45.3 Å². The van der Waals surface area contributed by atoms with Gasteiger partial charge in [-0.1, -0.05) is 29.8 Å². The molecule has 0 aliphatic heterocycles. The molecule has 0 aliphatic carbocycles. The summed E-state index contributed by atoms with van der Waals surface area (Å²) in [4.78, 5) is 12.2. The van der Waals surface area contributed by atoms with Crippen molar-refractivity contribution < 1.29 is 19.4 Å². The molecule has 0 unspecified atom stereocenters. The van der Waals surface area contributed by atoms with Crippen LogP contribution in [-0.4, -0.2) is 51.0 Å². The van der Waals surface area contributed by atoms with Crippen molar-refractivity contribution >= 4 is 11.6 Å². The van der Waals surface area contributed by atoms with Gasteiger partial charge in [0.05, 0.1) is 13.7 Å². The number of aryl methyl sites for hydroxylation is 1. The van der Waals surface area contributed by atoms with Crippen molar-refractivity contribution in [3.05, 3.63) is 53.6 Å². The zero-order chi connectivity index (χ0) is 20.9. The topological polar surface area (TPSA) is 91.8 Å². The van der Waals surface area contributed by atoms with Crippen molar-refractivity contribution in [3.8, 4) is 11.5 Å². The van der Waals surface area contributed by atoms with E-state index in [4.69, 9.17) is 14.6 Å². The lowest BCUT2D eigenvalue weighted by atomic mass is 10.2. The van der Waals surface area contributed by atoms with E-state index in [1.54, 1.807) is 7.11 Å². The fourth-order valence-electron chi connectivity index (χ4n) is 2.76. The highest BCUT2D eigenvalue weighted by atomic mass is 16.5. The number of nitrogens with one attached hydrogen (secondary N) is 3. The van der Waals surface area contributed by atoms with Gasteiger partial charge in [0, 0.05) is 24.3 Å². The van der Waals surface area contributed by atoms with Crippen LogP contribution >= 0.6 is 0 Å². The summed E-state index contributed by atoms with van der Waals surface area (Å²) in [5.74, 6) is 0.936. The molecule has 158 valence electrons. The lowest BCUT2D eigenvalue weighted by Crippen LogP contribution is -2.24. The number of rotatable bonds is 13. The largest absolute Gasteiger partial charge is 0.493 e. The van der Waals surface area contributed by atoms with Crippen molar-refractivity contribution in [2.45, 2.75) is 19.9 Å². The number of anilines is 1. The summed E-state index contributed by atoms with van der Waals surface area (Å²) in [7, 11) is 1.58. The number of para-hydroxylation sites is 1. The second-order valence-corrected chi connectivity index (χ2v) is 6.66. The van der Waals surface area contributed by atoms with Gasteiger partial charge in [-0.05, 0) is 44.6 Å². The zero-order valence-electron chi connectivity index (χ0n) is 17.2. The summed E-state index contributed by atoms with van der Waals surface area (Å²) in [5, 5.41) is 18.1. The molecule has 4 N–H and O–H groups in total. The van der Waals surface area contributed by atoms with Crippen molar-refractivity contribution in [1.82, 2.24) is 10.6 Å². The van der Waals surface area contributed by atoms with Crippen LogP contribution in [0.2, 0.25) is 0 Å². The van der Waals surface area contributed by atoms with E-state index < -0.39 is 0 Å². The summed E-state index contributed by atoms with van der Waals surface area (Å²) in [6.45, 7) is 4.92. The Hall–Kier alpha value is -2.61. The summed E-state index contributed by atoms with van der Waals surface area (Å²) in [6, 6.07) is 13.3. The van der Waals surface area contributed by atoms with Gasteiger partial charge in [0.2, 0.25) is 0 Å². The van der Waals surface area contributed by atoms with E-state index in [2.05, 4.69) is 16.0 Å². The van der Waals surface area contributed by atoms with Gasteiger partial charge >= 0.3 is 0 Å². The number of carbonyl (C=O) groups is 1. The van der Waals surface area contributed by atoms with Gasteiger partial charge in [-0.25, -0.2) is 0 Å². The molecule has 2 rings (SSSR count). The summed E-state index contributed by atoms with van der Waals surface area (Å²) >= 11 is 0. The van der Waals surface area contributed by atoms with E-state index in [0.29, 0.717) is 24.6 Å². The summed E-state index contributed by atoms with van der Waals surface area (Å²) in [6.07, 6.45) is 0.944. The predicted octanol–water partition coefficient (Wildman–Crippen LogP) is 2.08. The molecule has 1 amide bonds. The number of aliphatic hydroxyl groups is 1. The molecule has 0 atom stereocenters. The quantitative estimate of drug-likeness (QED) is 0.384. The van der Waals surface area contributed by atoms with E-state index in [9.17, 15) is 4.79 Å². The molecule has 0 fully saturated rings. The number of ether oxygens (including phenoxy) is 2. The van der Waals surface area contributed by atoms with E-state index in [0.717, 1.165) is 36.3 Å². The monoisotopic (exact) mass is 401 g/mol. The molecule has 29 heavy (non-hydrogen) atoms. The molecule has 0 saturated heterocycles. The van der Waals surface area contributed by atoms with E-state index >= 15 is 0 Å². The van der Waals surface area contributed by atoms with Crippen molar-refractivity contribution in [2.24, 2.45) is 0 Å². The van der Waals surface area contributed by atoms with Crippen LogP contribution in [0.15, 0.2) is 42.5 Å². The first-order valence-corrected chi connectivity index (χ1v) is 9.81. The molecule has 0 aliphatic rings. The number of aliphatic hydroxyl groups excluding tert-OH is 1. The van der Waals surface area contributed by atoms with Crippen LogP contribution < -0.4 is 25.4 Å². The van der Waals surface area contributed by atoms with Crippen molar-refractivity contribution in [3.63, 3.8) is 0 Å². The third-order valence-electron chi connectivity index (χ3n) is 4.27. The fourth-order valence-corrected chi connectivity index (χ4v) is 2.76. The van der Waals surface area contributed by atoms with Gasteiger partial charge in [-0.2, -0.15) is 0 Å². The Kier molecular flexibility index (Phi) is 9.99. The first kappa shape index (κ1) is 22.7. The predicted molar refractivity (Wildman–Crippen MR) is 115 cm³/mol. The molecule has 7 heteroatoms. The minimum atomic E-state index is -0.228. The van der Waals surface area contributed by atoms with Gasteiger partial charge in [0.15, 0.2) is 18.1 Å². The molecule has 0 aromatic heterocycles. The van der Waals surface area contributed by atoms with Crippen LogP contribution in [0.5, 0.6) is 11.5 Å². The Labute approximate surface area is 172 Å². The number of hydrogen-bond donors (Lipinski definition) is 4. The minimum absolute atomic E-state index is 0.105. The van der Waals surface area contributed by atoms with Crippen LogP contribution in [-0.2, 0) is 11.3 Å². The molecule has 0 saturated carbocycles. The van der Waals surface area contributed by atoms with Crippen LogP contribution in [0.4, 0.5) is 5.69 Å². The Morgan fingerprint density at radius 2 is 1.79 bits per heavy atom. The average molecular weight is 402 g/mol. The number of benzene rings is 2. The standard InChI is InChI=1S/C22H31N3O4/c1-17-7-9-19(10-8-17)25-21(27)16-29-22-18(5-3-6-20(22)28-2)15-24-12-4-11-23-13-14-26/h3,5-10,23-24,26H,4,11-16H2,1-2H3,(H,25,27). The van der Waals surface area contributed by atoms with E-state index in [1.807, 2.05) is 49.4 Å². The number of amides is 1. The first-order valence-electron chi connectivity index (χ1n) is 9.81. The zero-order valence-corrected chi connectivity index (χ0v) is 17.2. The third kappa shape index (κ3) is 8.11. The third-order valence-corrected chi connectivity index (χ3v) is 4.27. The molecule has 2 aromatic rings. The van der Waals surface area contributed by atoms with Crippen LogP contribution in [0, 0.1) is 6.92 Å². The van der Waals surface area contributed by atoms with Gasteiger partial charge < -0.3 is 30.5 Å². The highest BCUT2D eigenvalue weighted by Crippen LogP contribution is 2.31. The molecular formula is C22H31N3O4. The summed E-state index contributed by atoms with van der Waals surface area (Å²) < 4.78 is 11.2. The van der Waals surface area contributed by atoms with Crippen LogP contribution in [0.25, 0.3) is 0 Å². The molecule has 0 spiro atoms. The highest BCUT2D eigenvalue weighted by Gasteiger charge is 2.13. The Balaban J connectivity index is 1.87. The maximum absolute atomic E-state index is 12.2. The number of carbonyl (C=O) groups excluding carboxylic acids is 1. The van der Waals surface area contributed by atoms with Crippen LogP contribution in [0.3, 0.4) is 0 Å². The SMILES string of the molecule is COc1cccc(CNCCCNCCO)c1OCC(=O)Nc1ccc(C)cc1. The number of hydrogen-bond acceptors (Lipinski definition) is 6. The molecule has 0 heterocycles. The normalized spacial score (nSPS) is 10.6. The highest BCUT2D eigenvalue weighted by molar-refractivity contribution is 5.91. The Bertz CT molecular complexity index is 750. The Morgan fingerprint density at radius 3 is 2.52 bits per heavy atom. The van der Waals surface area contributed by atoms with E-state index in [1.165, 1.54) is 0 Å². The Morgan fingerprint density at radius 1 is 1.03 bits per heavy atom. The average Bonchev–Trinajstić information content (AvgIpc) is 2.73. The lowest BCUT2D eigenvalue weighted by Gasteiger charge is -2.15. The van der Waals surface area contributed by atoms with Crippen molar-refractivity contribution in [1.29, 1.82) is 0 Å². The maximum Gasteiger partial charge on any atom is 0.262 e. The molecular weight excluding hydrogens is 370 g/mol. The van der Waals surface area contributed by atoms with Crippen LogP contribution in [0.1, 0.15) is 17.5 Å². The minimum Gasteiger partial charge on any atom is -0.493 e. The lowest BCUT2D eigenvalue weighted by molar-refractivity contribution is -0.118. The summed E-state index contributed by atoms with van der Waals surface area (Å²) in [5.41, 5.74) is 2.80. The van der Waals surface area contributed by atoms with Gasteiger partial charge in [-0.3, -0.25) is 4.79 Å². The number of methoxy groups -OCH3 is 1. The second kappa shape index (κ2) is 12.8. The molecule has 2 aromatic carbocycles. The molecule has 0 bridgehead atoms. The second-order valence-electron chi connectivity index (χ2n) is 6.66. The van der Waals surface area contributed by atoms with Gasteiger partial charge in [0.25, 0.3) is 5.91 Å². The first-order chi connectivity index (χ1) is 14.1. The molecule has 0 radical (unpaired) electrons. The fraction of sp³-hybridized carbons (Fsp3) is 0.409. The van der Waals surface area contributed by atoms with Gasteiger partial charge in [0.1, 0.15) is 0 Å².